The Bertz CT molecular complexity index is 1790. The highest BCUT2D eigenvalue weighted by atomic mass is 32.1. The fraction of sp³-hybridized carbons (Fsp3) is 0.258. The van der Waals surface area contributed by atoms with Crippen molar-refractivity contribution in [3.8, 4) is 11.4 Å². The summed E-state index contributed by atoms with van der Waals surface area (Å²) in [5, 5.41) is 0. The number of thiazole rings is 1. The third-order valence-electron chi connectivity index (χ3n) is 6.87. The minimum absolute atomic E-state index is 0.208. The highest BCUT2D eigenvalue weighted by Gasteiger charge is 2.33. The number of carbonyl (C=O) groups excluding carboxylic acids is 1. The molecule has 2 aromatic heterocycles. The molecule has 1 atom stereocenters. The summed E-state index contributed by atoms with van der Waals surface area (Å²) < 4.78 is 28.6. The molecule has 0 saturated heterocycles. The molecule has 0 unspecified atom stereocenters. The highest BCUT2D eigenvalue weighted by Crippen LogP contribution is 2.31. The molecule has 1 aliphatic heterocycles. The van der Waals surface area contributed by atoms with Crippen LogP contribution in [-0.2, 0) is 9.53 Å². The van der Waals surface area contributed by atoms with Crippen LogP contribution in [0.3, 0.4) is 0 Å². The van der Waals surface area contributed by atoms with Gasteiger partial charge in [-0.1, -0.05) is 23.5 Å². The summed E-state index contributed by atoms with van der Waals surface area (Å²) in [4.78, 5) is 32.2. The summed E-state index contributed by atoms with van der Waals surface area (Å²) in [6.45, 7) is 10.1. The van der Waals surface area contributed by atoms with Crippen LogP contribution in [0.4, 0.5) is 4.39 Å². The van der Waals surface area contributed by atoms with E-state index in [9.17, 15) is 14.0 Å². The number of aryl methyl sites for hydroxylation is 1. The van der Waals surface area contributed by atoms with Crippen molar-refractivity contribution in [2.24, 2.45) is 4.99 Å². The van der Waals surface area contributed by atoms with Gasteiger partial charge in [-0.05, 0) is 94.3 Å². The molecule has 0 radical (unpaired) electrons. The number of hydrogen-bond donors (Lipinski definition) is 0. The van der Waals surface area contributed by atoms with E-state index in [-0.39, 0.29) is 18.0 Å². The molecule has 0 fully saturated rings. The summed E-state index contributed by atoms with van der Waals surface area (Å²) in [5.41, 5.74) is 4.93. The Morgan fingerprint density at radius 1 is 1.05 bits per heavy atom. The lowest BCUT2D eigenvalue weighted by molar-refractivity contribution is -0.139. The molecule has 0 saturated carbocycles. The van der Waals surface area contributed by atoms with E-state index in [0.29, 0.717) is 33.0 Å². The van der Waals surface area contributed by atoms with E-state index in [0.717, 1.165) is 28.2 Å². The maximum atomic E-state index is 13.9. The minimum Gasteiger partial charge on any atom is -0.494 e. The molecule has 9 heteroatoms. The molecular weight excluding hydrogens is 529 g/mol. The lowest BCUT2D eigenvalue weighted by Gasteiger charge is -2.24. The van der Waals surface area contributed by atoms with Crippen molar-refractivity contribution in [3.63, 3.8) is 0 Å². The van der Waals surface area contributed by atoms with Crippen LogP contribution in [0.5, 0.6) is 5.75 Å². The first kappa shape index (κ1) is 27.3. The molecule has 4 aromatic rings. The van der Waals surface area contributed by atoms with E-state index >= 15 is 0 Å². The fourth-order valence-electron chi connectivity index (χ4n) is 5.08. The number of esters is 1. The number of benzene rings is 2. The van der Waals surface area contributed by atoms with E-state index in [4.69, 9.17) is 9.47 Å². The maximum absolute atomic E-state index is 13.9. The molecule has 0 N–H and O–H groups in total. The van der Waals surface area contributed by atoms with Gasteiger partial charge < -0.3 is 14.0 Å². The number of aromatic nitrogens is 2. The molecule has 2 aromatic carbocycles. The lowest BCUT2D eigenvalue weighted by atomic mass is 9.96. The van der Waals surface area contributed by atoms with E-state index in [1.54, 1.807) is 30.5 Å². The number of allylic oxidation sites excluding steroid dienone is 1. The standard InChI is InChI=1S/C31H30FN3O4S/c1-6-38-25-14-8-21(9-15-25)28-27(30(37)39-7-2)19(4)33-31-35(28)29(36)26(40-31)17-22-16-18(3)34(20(22)5)24-12-10-23(32)11-13-24/h8-17,28H,6-7H2,1-5H3/b26-17-/t28-/m0/s1. The van der Waals surface area contributed by atoms with Crippen LogP contribution < -0.4 is 19.6 Å². The third kappa shape index (κ3) is 4.93. The molecule has 1 aliphatic rings. The average Bonchev–Trinajstić information content (AvgIpc) is 3.38. The van der Waals surface area contributed by atoms with Gasteiger partial charge in [-0.2, -0.15) is 0 Å². The Kier molecular flexibility index (Phi) is 7.58. The smallest absolute Gasteiger partial charge is 0.338 e. The van der Waals surface area contributed by atoms with Gasteiger partial charge in [0.25, 0.3) is 5.56 Å². The van der Waals surface area contributed by atoms with Gasteiger partial charge in [-0.15, -0.1) is 0 Å². The maximum Gasteiger partial charge on any atom is 0.338 e. The molecule has 5 rings (SSSR count). The first-order valence-corrected chi connectivity index (χ1v) is 13.9. The van der Waals surface area contributed by atoms with Gasteiger partial charge in [-0.3, -0.25) is 9.36 Å². The molecule has 0 spiro atoms. The Balaban J connectivity index is 1.66. The Labute approximate surface area is 235 Å². The molecule has 0 amide bonds. The number of hydrogen-bond acceptors (Lipinski definition) is 6. The normalized spacial score (nSPS) is 15.2. The zero-order valence-corrected chi connectivity index (χ0v) is 23.8. The summed E-state index contributed by atoms with van der Waals surface area (Å²) >= 11 is 1.28. The zero-order chi connectivity index (χ0) is 28.6. The first-order valence-electron chi connectivity index (χ1n) is 13.1. The summed E-state index contributed by atoms with van der Waals surface area (Å²) in [6, 6.07) is 15.0. The Morgan fingerprint density at radius 3 is 2.40 bits per heavy atom. The third-order valence-corrected chi connectivity index (χ3v) is 7.85. The van der Waals surface area contributed by atoms with Crippen molar-refractivity contribution >= 4 is 23.4 Å². The molecule has 3 heterocycles. The lowest BCUT2D eigenvalue weighted by Crippen LogP contribution is -2.39. The SMILES string of the molecule is CCOC(=O)C1=C(C)N=c2s/c(=C\c3cc(C)n(-c4ccc(F)cc4)c3C)c(=O)n2[C@H]1c1ccc(OCC)cc1. The number of halogens is 1. The molecule has 7 nitrogen and oxygen atoms in total. The van der Waals surface area contributed by atoms with Gasteiger partial charge in [0, 0.05) is 17.1 Å². The number of ether oxygens (including phenoxy) is 2. The van der Waals surface area contributed by atoms with Crippen LogP contribution in [-0.4, -0.2) is 28.3 Å². The topological polar surface area (TPSA) is 74.8 Å². The zero-order valence-electron chi connectivity index (χ0n) is 23.0. The van der Waals surface area contributed by atoms with Crippen LogP contribution in [0.25, 0.3) is 11.8 Å². The first-order chi connectivity index (χ1) is 19.2. The Morgan fingerprint density at radius 2 is 1.75 bits per heavy atom. The average molecular weight is 560 g/mol. The predicted molar refractivity (Wildman–Crippen MR) is 153 cm³/mol. The van der Waals surface area contributed by atoms with Crippen molar-refractivity contribution in [1.29, 1.82) is 0 Å². The van der Waals surface area contributed by atoms with Crippen molar-refractivity contribution in [1.82, 2.24) is 9.13 Å². The number of carbonyl (C=O) groups is 1. The second-order valence-corrected chi connectivity index (χ2v) is 10.5. The van der Waals surface area contributed by atoms with E-state index in [2.05, 4.69) is 4.99 Å². The summed E-state index contributed by atoms with van der Waals surface area (Å²) in [6.07, 6.45) is 1.85. The number of fused-ring (bicyclic) bond motifs is 1. The molecule has 206 valence electrons. The molecular formula is C31H30FN3O4S. The van der Waals surface area contributed by atoms with Crippen molar-refractivity contribution in [2.75, 3.05) is 13.2 Å². The quantitative estimate of drug-likeness (QED) is 0.307. The van der Waals surface area contributed by atoms with Crippen LogP contribution in [0.1, 0.15) is 49.3 Å². The van der Waals surface area contributed by atoms with Gasteiger partial charge in [0.2, 0.25) is 0 Å². The van der Waals surface area contributed by atoms with Gasteiger partial charge in [0.1, 0.15) is 11.6 Å². The highest BCUT2D eigenvalue weighted by molar-refractivity contribution is 7.07. The second-order valence-electron chi connectivity index (χ2n) is 9.44. The molecule has 0 bridgehead atoms. The Hall–Kier alpha value is -4.24. The van der Waals surface area contributed by atoms with Crippen LogP contribution >= 0.6 is 11.3 Å². The van der Waals surface area contributed by atoms with Crippen molar-refractivity contribution < 1.29 is 18.7 Å². The van der Waals surface area contributed by atoms with Crippen LogP contribution in [0.15, 0.2) is 75.7 Å². The largest absolute Gasteiger partial charge is 0.494 e. The number of rotatable bonds is 7. The van der Waals surface area contributed by atoms with Crippen LogP contribution in [0.2, 0.25) is 0 Å². The van der Waals surface area contributed by atoms with Crippen molar-refractivity contribution in [3.05, 3.63) is 114 Å². The number of nitrogens with zero attached hydrogens (tertiary/aromatic N) is 3. The summed E-state index contributed by atoms with van der Waals surface area (Å²) in [7, 11) is 0. The van der Waals surface area contributed by atoms with E-state index in [1.165, 1.54) is 23.5 Å². The molecule has 0 aliphatic carbocycles. The minimum atomic E-state index is -0.695. The monoisotopic (exact) mass is 559 g/mol. The van der Waals surface area contributed by atoms with Crippen molar-refractivity contribution in [2.45, 2.75) is 40.7 Å². The predicted octanol–water partition coefficient (Wildman–Crippen LogP) is 4.74. The van der Waals surface area contributed by atoms with Gasteiger partial charge >= 0.3 is 5.97 Å². The van der Waals surface area contributed by atoms with E-state index < -0.39 is 12.0 Å². The van der Waals surface area contributed by atoms with Gasteiger partial charge in [0.05, 0.1) is 35.1 Å². The van der Waals surface area contributed by atoms with Gasteiger partial charge in [-0.25, -0.2) is 14.2 Å². The summed E-state index contributed by atoms with van der Waals surface area (Å²) in [5.74, 6) is -0.0968. The van der Waals surface area contributed by atoms with Crippen LogP contribution in [0, 0.1) is 19.7 Å². The fourth-order valence-corrected chi connectivity index (χ4v) is 6.12. The molecule has 40 heavy (non-hydrogen) atoms. The van der Waals surface area contributed by atoms with E-state index in [1.807, 2.05) is 61.7 Å². The van der Waals surface area contributed by atoms with Gasteiger partial charge in [0.15, 0.2) is 4.80 Å². The second kappa shape index (κ2) is 11.1.